The number of aromatic hydroxyl groups is 1. The molecule has 2 aromatic carbocycles. The predicted molar refractivity (Wildman–Crippen MR) is 66.8 cm³/mol. The van der Waals surface area contributed by atoms with Crippen LogP contribution in [-0.4, -0.2) is 15.2 Å². The molecule has 3 aromatic rings. The van der Waals surface area contributed by atoms with E-state index in [9.17, 15) is 8.78 Å². The van der Waals surface area contributed by atoms with Gasteiger partial charge in [0.1, 0.15) is 17.4 Å². The van der Waals surface area contributed by atoms with Crippen molar-refractivity contribution in [3.8, 4) is 28.6 Å². The molecule has 1 N–H and O–H groups in total. The maximum Gasteiger partial charge on any atom is 0.261 e. The third-order valence-corrected chi connectivity index (χ3v) is 2.71. The van der Waals surface area contributed by atoms with Gasteiger partial charge in [-0.2, -0.15) is 4.98 Å². The Bertz CT molecular complexity index is 754. The molecule has 0 radical (unpaired) electrons. The summed E-state index contributed by atoms with van der Waals surface area (Å²) in [6.45, 7) is 0. The van der Waals surface area contributed by atoms with Crippen LogP contribution in [0, 0.1) is 11.6 Å². The van der Waals surface area contributed by atoms with Gasteiger partial charge in [-0.25, -0.2) is 8.78 Å². The lowest BCUT2D eigenvalue weighted by molar-refractivity contribution is 0.428. The Balaban J connectivity index is 1.99. The Kier molecular flexibility index (Phi) is 2.90. The van der Waals surface area contributed by atoms with Crippen molar-refractivity contribution in [3.05, 3.63) is 54.1 Å². The van der Waals surface area contributed by atoms with Gasteiger partial charge in [0.25, 0.3) is 5.89 Å². The fourth-order valence-electron chi connectivity index (χ4n) is 1.73. The van der Waals surface area contributed by atoms with Crippen LogP contribution < -0.4 is 0 Å². The first-order valence-electron chi connectivity index (χ1n) is 5.72. The highest BCUT2D eigenvalue weighted by Gasteiger charge is 2.14. The Morgan fingerprint density at radius 2 is 1.75 bits per heavy atom. The van der Waals surface area contributed by atoms with Gasteiger partial charge in [-0.05, 0) is 36.4 Å². The van der Waals surface area contributed by atoms with Crippen LogP contribution in [0.5, 0.6) is 5.75 Å². The number of nitrogens with zero attached hydrogens (tertiary/aromatic N) is 2. The van der Waals surface area contributed by atoms with Crippen LogP contribution in [0.3, 0.4) is 0 Å². The number of rotatable bonds is 2. The summed E-state index contributed by atoms with van der Waals surface area (Å²) in [4.78, 5) is 4.05. The second kappa shape index (κ2) is 4.73. The average Bonchev–Trinajstić information content (AvgIpc) is 2.89. The summed E-state index contributed by atoms with van der Waals surface area (Å²) < 4.78 is 31.5. The van der Waals surface area contributed by atoms with Gasteiger partial charge in [0.2, 0.25) is 5.82 Å². The van der Waals surface area contributed by atoms with Crippen LogP contribution in [0.15, 0.2) is 47.0 Å². The molecule has 0 saturated carbocycles. The summed E-state index contributed by atoms with van der Waals surface area (Å²) in [5.74, 6) is -1.01. The highest BCUT2D eigenvalue weighted by Crippen LogP contribution is 2.26. The van der Waals surface area contributed by atoms with Gasteiger partial charge in [-0.1, -0.05) is 5.16 Å². The minimum atomic E-state index is -0.667. The molecule has 4 nitrogen and oxygen atoms in total. The maximum atomic E-state index is 13.7. The highest BCUT2D eigenvalue weighted by atomic mass is 19.1. The zero-order valence-corrected chi connectivity index (χ0v) is 10.0. The molecule has 20 heavy (non-hydrogen) atoms. The third-order valence-electron chi connectivity index (χ3n) is 2.71. The van der Waals surface area contributed by atoms with Crippen LogP contribution in [0.2, 0.25) is 0 Å². The van der Waals surface area contributed by atoms with E-state index in [2.05, 4.69) is 10.1 Å². The minimum Gasteiger partial charge on any atom is -0.508 e. The number of aromatic nitrogens is 2. The molecule has 6 heteroatoms. The Morgan fingerprint density at radius 1 is 1.00 bits per heavy atom. The van der Waals surface area contributed by atoms with E-state index < -0.39 is 5.82 Å². The molecular weight excluding hydrogens is 266 g/mol. The molecule has 0 spiro atoms. The molecule has 1 aromatic heterocycles. The van der Waals surface area contributed by atoms with E-state index in [4.69, 9.17) is 9.63 Å². The summed E-state index contributed by atoms with van der Waals surface area (Å²) in [5, 5.41) is 12.9. The van der Waals surface area contributed by atoms with Crippen LogP contribution in [0.25, 0.3) is 22.8 Å². The molecule has 100 valence electrons. The topological polar surface area (TPSA) is 59.2 Å². The largest absolute Gasteiger partial charge is 0.508 e. The van der Waals surface area contributed by atoms with Crippen LogP contribution in [0.4, 0.5) is 8.78 Å². The lowest BCUT2D eigenvalue weighted by atomic mass is 10.2. The van der Waals surface area contributed by atoms with Crippen LogP contribution >= 0.6 is 0 Å². The quantitative estimate of drug-likeness (QED) is 0.778. The Hall–Kier alpha value is -2.76. The summed E-state index contributed by atoms with van der Waals surface area (Å²) in [7, 11) is 0. The smallest absolute Gasteiger partial charge is 0.261 e. The van der Waals surface area contributed by atoms with E-state index in [1.807, 2.05) is 0 Å². The second-order valence-electron chi connectivity index (χ2n) is 4.09. The van der Waals surface area contributed by atoms with Crippen molar-refractivity contribution in [2.45, 2.75) is 0 Å². The number of benzene rings is 2. The van der Waals surface area contributed by atoms with E-state index in [0.717, 1.165) is 6.07 Å². The molecular formula is C14H8F2N2O2. The van der Waals surface area contributed by atoms with Crippen molar-refractivity contribution in [1.82, 2.24) is 10.1 Å². The zero-order valence-electron chi connectivity index (χ0n) is 10.0. The summed E-state index contributed by atoms with van der Waals surface area (Å²) in [6, 6.07) is 9.15. The molecule has 0 amide bonds. The standard InChI is InChI=1S/C14H8F2N2O2/c15-9-3-1-8(2-4-9)13-17-14(20-18-13)11-6-5-10(19)7-12(11)16/h1-7,19H. The SMILES string of the molecule is Oc1ccc(-c2nc(-c3ccc(F)cc3)no2)c(F)c1. The zero-order chi connectivity index (χ0) is 14.1. The monoisotopic (exact) mass is 274 g/mol. The van der Waals surface area contributed by atoms with Gasteiger partial charge < -0.3 is 9.63 Å². The van der Waals surface area contributed by atoms with Crippen molar-refractivity contribution in [2.75, 3.05) is 0 Å². The van der Waals surface area contributed by atoms with Gasteiger partial charge in [-0.3, -0.25) is 0 Å². The summed E-state index contributed by atoms with van der Waals surface area (Å²) in [5.41, 5.74) is 0.643. The number of halogens is 2. The van der Waals surface area contributed by atoms with Crippen molar-refractivity contribution in [2.24, 2.45) is 0 Å². The lowest BCUT2D eigenvalue weighted by Crippen LogP contribution is -1.85. The highest BCUT2D eigenvalue weighted by molar-refractivity contribution is 5.60. The van der Waals surface area contributed by atoms with Crippen LogP contribution in [0.1, 0.15) is 0 Å². The van der Waals surface area contributed by atoms with Crippen molar-refractivity contribution in [3.63, 3.8) is 0 Å². The van der Waals surface area contributed by atoms with E-state index in [1.54, 1.807) is 0 Å². The Labute approximate surface area is 112 Å². The Morgan fingerprint density at radius 3 is 2.45 bits per heavy atom. The van der Waals surface area contributed by atoms with E-state index >= 15 is 0 Å². The van der Waals surface area contributed by atoms with Gasteiger partial charge in [0.15, 0.2) is 0 Å². The van der Waals surface area contributed by atoms with Gasteiger partial charge in [0.05, 0.1) is 5.56 Å². The number of phenols is 1. The summed E-state index contributed by atoms with van der Waals surface area (Å²) in [6.07, 6.45) is 0. The molecule has 0 atom stereocenters. The molecule has 0 saturated heterocycles. The van der Waals surface area contributed by atoms with Gasteiger partial charge >= 0.3 is 0 Å². The lowest BCUT2D eigenvalue weighted by Gasteiger charge is -1.97. The number of hydrogen-bond acceptors (Lipinski definition) is 4. The molecule has 0 aliphatic carbocycles. The van der Waals surface area contributed by atoms with E-state index in [1.165, 1.54) is 36.4 Å². The average molecular weight is 274 g/mol. The van der Waals surface area contributed by atoms with Crippen molar-refractivity contribution >= 4 is 0 Å². The van der Waals surface area contributed by atoms with Crippen molar-refractivity contribution in [1.29, 1.82) is 0 Å². The fraction of sp³-hybridized carbons (Fsp3) is 0. The van der Waals surface area contributed by atoms with Crippen LogP contribution in [-0.2, 0) is 0 Å². The first-order valence-corrected chi connectivity index (χ1v) is 5.72. The molecule has 0 aliphatic rings. The first kappa shape index (κ1) is 12.3. The number of phenolic OH excluding ortho intramolecular Hbond substituents is 1. The van der Waals surface area contributed by atoms with Gasteiger partial charge in [-0.15, -0.1) is 0 Å². The fourth-order valence-corrected chi connectivity index (χ4v) is 1.73. The number of hydrogen-bond donors (Lipinski definition) is 1. The molecule has 0 bridgehead atoms. The minimum absolute atomic E-state index is 0.0122. The summed E-state index contributed by atoms with van der Waals surface area (Å²) >= 11 is 0. The maximum absolute atomic E-state index is 13.7. The molecule has 0 fully saturated rings. The molecule has 0 aliphatic heterocycles. The second-order valence-corrected chi connectivity index (χ2v) is 4.09. The third kappa shape index (κ3) is 2.23. The van der Waals surface area contributed by atoms with Crippen molar-refractivity contribution < 1.29 is 18.4 Å². The molecule has 0 unspecified atom stereocenters. The van der Waals surface area contributed by atoms with E-state index in [-0.39, 0.29) is 28.8 Å². The first-order chi connectivity index (χ1) is 9.63. The van der Waals surface area contributed by atoms with Gasteiger partial charge in [0, 0.05) is 11.6 Å². The normalized spacial score (nSPS) is 10.7. The van der Waals surface area contributed by atoms with E-state index in [0.29, 0.717) is 5.56 Å². The molecule has 3 rings (SSSR count). The molecule has 1 heterocycles. The predicted octanol–water partition coefficient (Wildman–Crippen LogP) is 3.39.